The predicted octanol–water partition coefficient (Wildman–Crippen LogP) is 3.30. The number of benzene rings is 1. The molecule has 2 rings (SSSR count). The van der Waals surface area contributed by atoms with Crippen LogP contribution in [0.1, 0.15) is 43.2 Å². The second-order valence-corrected chi connectivity index (χ2v) is 5.24. The van der Waals surface area contributed by atoms with Crippen LogP contribution in [0.5, 0.6) is 5.75 Å². The molecule has 1 aliphatic carbocycles. The third-order valence-electron chi connectivity index (χ3n) is 3.54. The summed E-state index contributed by atoms with van der Waals surface area (Å²) >= 11 is 0. The normalized spacial score (nSPS) is 15.1. The molecular weight excluding hydrogens is 236 g/mol. The van der Waals surface area contributed by atoms with Gasteiger partial charge in [-0.05, 0) is 43.4 Å². The van der Waals surface area contributed by atoms with Crippen LogP contribution in [0, 0.1) is 24.7 Å². The van der Waals surface area contributed by atoms with Gasteiger partial charge in [-0.1, -0.05) is 30.7 Å². The number of ether oxygens (including phenoxy) is 1. The van der Waals surface area contributed by atoms with Gasteiger partial charge in [-0.25, -0.2) is 0 Å². The molecule has 0 aliphatic heterocycles. The van der Waals surface area contributed by atoms with Crippen molar-refractivity contribution in [3.05, 3.63) is 29.3 Å². The fraction of sp³-hybridized carbons (Fsp3) is 0.529. The average molecular weight is 258 g/mol. The van der Waals surface area contributed by atoms with Gasteiger partial charge >= 0.3 is 0 Å². The Morgan fingerprint density at radius 3 is 2.84 bits per heavy atom. The van der Waals surface area contributed by atoms with Gasteiger partial charge in [0.1, 0.15) is 5.75 Å². The van der Waals surface area contributed by atoms with Crippen molar-refractivity contribution >= 4 is 0 Å². The molecule has 0 aromatic heterocycles. The van der Waals surface area contributed by atoms with Crippen molar-refractivity contribution in [1.82, 2.24) is 0 Å². The summed E-state index contributed by atoms with van der Waals surface area (Å²) in [7, 11) is 0. The molecular formula is C17H22O2. The monoisotopic (exact) mass is 258 g/mol. The first kappa shape index (κ1) is 14.0. The molecule has 0 saturated heterocycles. The van der Waals surface area contributed by atoms with Crippen LogP contribution in [0.2, 0.25) is 0 Å². The number of hydrogen-bond acceptors (Lipinski definition) is 2. The molecule has 1 N–H and O–H groups in total. The van der Waals surface area contributed by atoms with Crippen LogP contribution >= 0.6 is 0 Å². The molecule has 1 aromatic carbocycles. The van der Waals surface area contributed by atoms with Crippen LogP contribution < -0.4 is 4.74 Å². The second kappa shape index (κ2) is 7.21. The van der Waals surface area contributed by atoms with Gasteiger partial charge in [0.25, 0.3) is 0 Å². The lowest BCUT2D eigenvalue weighted by Gasteiger charge is -2.13. The molecule has 2 heteroatoms. The molecule has 0 spiro atoms. The topological polar surface area (TPSA) is 29.5 Å². The molecule has 102 valence electrons. The first-order valence-corrected chi connectivity index (χ1v) is 7.13. The predicted molar refractivity (Wildman–Crippen MR) is 77.2 cm³/mol. The Morgan fingerprint density at radius 2 is 2.11 bits per heavy atom. The molecule has 0 unspecified atom stereocenters. The van der Waals surface area contributed by atoms with Gasteiger partial charge in [0.05, 0.1) is 18.8 Å². The molecule has 0 radical (unpaired) electrons. The quantitative estimate of drug-likeness (QED) is 0.840. The highest BCUT2D eigenvalue weighted by Gasteiger charge is 2.16. The van der Waals surface area contributed by atoms with Crippen LogP contribution in [0.25, 0.3) is 0 Å². The van der Waals surface area contributed by atoms with Crippen LogP contribution in [-0.2, 0) is 0 Å². The molecule has 1 aromatic rings. The van der Waals surface area contributed by atoms with Gasteiger partial charge in [-0.2, -0.15) is 0 Å². The highest BCUT2D eigenvalue weighted by molar-refractivity contribution is 5.48. The summed E-state index contributed by atoms with van der Waals surface area (Å²) < 4.78 is 5.94. The van der Waals surface area contributed by atoms with Crippen molar-refractivity contribution in [2.45, 2.75) is 39.0 Å². The van der Waals surface area contributed by atoms with Gasteiger partial charge < -0.3 is 9.84 Å². The molecule has 1 fully saturated rings. The van der Waals surface area contributed by atoms with Crippen molar-refractivity contribution < 1.29 is 9.84 Å². The number of aliphatic hydroxyl groups is 1. The molecule has 0 bridgehead atoms. The second-order valence-electron chi connectivity index (χ2n) is 5.24. The average Bonchev–Trinajstić information content (AvgIpc) is 2.91. The Balaban J connectivity index is 2.03. The number of aryl methyl sites for hydroxylation is 1. The fourth-order valence-electron chi connectivity index (χ4n) is 2.47. The van der Waals surface area contributed by atoms with E-state index in [9.17, 15) is 0 Å². The number of aliphatic hydroxyl groups excluding tert-OH is 1. The summed E-state index contributed by atoms with van der Waals surface area (Å²) in [5.41, 5.74) is 2.12. The number of rotatable bonds is 4. The minimum absolute atomic E-state index is 0.108. The lowest BCUT2D eigenvalue weighted by Crippen LogP contribution is -2.08. The molecule has 0 atom stereocenters. The summed E-state index contributed by atoms with van der Waals surface area (Å²) in [5.74, 6) is 7.65. The maximum absolute atomic E-state index is 8.78. The maximum atomic E-state index is 8.78. The van der Waals surface area contributed by atoms with Crippen molar-refractivity contribution in [2.24, 2.45) is 5.92 Å². The standard InChI is InChI=1S/C17H22O2/c1-14-9-10-17(16(12-14)8-4-5-11-18)19-13-15-6-2-3-7-15/h9-10,12,15,18H,2-3,5-7,11,13H2,1H3. The molecule has 2 nitrogen and oxygen atoms in total. The van der Waals surface area contributed by atoms with E-state index in [1.807, 2.05) is 12.1 Å². The fourth-order valence-corrected chi connectivity index (χ4v) is 2.47. The van der Waals surface area contributed by atoms with Gasteiger partial charge in [0.2, 0.25) is 0 Å². The Hall–Kier alpha value is -1.46. The summed E-state index contributed by atoms with van der Waals surface area (Å²) in [6.07, 6.45) is 5.76. The van der Waals surface area contributed by atoms with E-state index in [2.05, 4.69) is 24.8 Å². The Bertz CT molecular complexity index is 462. The van der Waals surface area contributed by atoms with Gasteiger partial charge in [0, 0.05) is 6.42 Å². The third-order valence-corrected chi connectivity index (χ3v) is 3.54. The minimum atomic E-state index is 0.108. The lowest BCUT2D eigenvalue weighted by atomic mass is 10.1. The zero-order valence-corrected chi connectivity index (χ0v) is 11.6. The molecule has 0 amide bonds. The Morgan fingerprint density at radius 1 is 1.32 bits per heavy atom. The molecule has 1 aliphatic rings. The molecule has 0 heterocycles. The van der Waals surface area contributed by atoms with Crippen molar-refractivity contribution in [3.8, 4) is 17.6 Å². The summed E-state index contributed by atoms with van der Waals surface area (Å²) in [4.78, 5) is 0. The maximum Gasteiger partial charge on any atom is 0.134 e. The van der Waals surface area contributed by atoms with Crippen LogP contribution in [0.15, 0.2) is 18.2 Å². The van der Waals surface area contributed by atoms with E-state index in [4.69, 9.17) is 9.84 Å². The first-order chi connectivity index (χ1) is 9.29. The highest BCUT2D eigenvalue weighted by atomic mass is 16.5. The molecule has 1 saturated carbocycles. The van der Waals surface area contributed by atoms with Crippen molar-refractivity contribution in [2.75, 3.05) is 13.2 Å². The summed E-state index contributed by atoms with van der Waals surface area (Å²) in [5, 5.41) is 8.78. The SMILES string of the molecule is Cc1ccc(OCC2CCCC2)c(C#CCCO)c1. The third kappa shape index (κ3) is 4.29. The van der Waals surface area contributed by atoms with Crippen LogP contribution in [-0.4, -0.2) is 18.3 Å². The van der Waals surface area contributed by atoms with E-state index in [0.29, 0.717) is 12.3 Å². The van der Waals surface area contributed by atoms with E-state index in [0.717, 1.165) is 17.9 Å². The number of hydrogen-bond donors (Lipinski definition) is 1. The van der Waals surface area contributed by atoms with Crippen molar-refractivity contribution in [3.63, 3.8) is 0 Å². The van der Waals surface area contributed by atoms with E-state index < -0.39 is 0 Å². The Labute approximate surface area is 115 Å². The van der Waals surface area contributed by atoms with Gasteiger partial charge in [0.15, 0.2) is 0 Å². The Kier molecular flexibility index (Phi) is 5.30. The first-order valence-electron chi connectivity index (χ1n) is 7.13. The van der Waals surface area contributed by atoms with E-state index in [-0.39, 0.29) is 6.61 Å². The largest absolute Gasteiger partial charge is 0.492 e. The molecule has 19 heavy (non-hydrogen) atoms. The van der Waals surface area contributed by atoms with Gasteiger partial charge in [-0.3, -0.25) is 0 Å². The lowest BCUT2D eigenvalue weighted by molar-refractivity contribution is 0.251. The van der Waals surface area contributed by atoms with E-state index in [1.54, 1.807) is 0 Å². The van der Waals surface area contributed by atoms with Crippen molar-refractivity contribution in [1.29, 1.82) is 0 Å². The summed E-state index contributed by atoms with van der Waals surface area (Å²) in [6.45, 7) is 2.97. The van der Waals surface area contributed by atoms with Gasteiger partial charge in [-0.15, -0.1) is 0 Å². The van der Waals surface area contributed by atoms with E-state index in [1.165, 1.54) is 31.2 Å². The van der Waals surface area contributed by atoms with E-state index >= 15 is 0 Å². The highest BCUT2D eigenvalue weighted by Crippen LogP contribution is 2.27. The van der Waals surface area contributed by atoms with Crippen LogP contribution in [0.3, 0.4) is 0 Å². The van der Waals surface area contributed by atoms with Crippen LogP contribution in [0.4, 0.5) is 0 Å². The minimum Gasteiger partial charge on any atom is -0.492 e. The zero-order valence-electron chi connectivity index (χ0n) is 11.6. The summed E-state index contributed by atoms with van der Waals surface area (Å²) in [6, 6.07) is 6.11. The zero-order chi connectivity index (χ0) is 13.5. The smallest absolute Gasteiger partial charge is 0.134 e.